The Kier molecular flexibility index (Phi) is 2.57. The molecule has 0 amide bonds. The van der Waals surface area contributed by atoms with Crippen LogP contribution in [0.2, 0.25) is 0 Å². The molecule has 0 radical (unpaired) electrons. The summed E-state index contributed by atoms with van der Waals surface area (Å²) in [6.45, 7) is 0.466. The van der Waals surface area contributed by atoms with E-state index in [1.807, 2.05) is 6.07 Å². The molecular formula is C12H16N4O. The Morgan fingerprint density at radius 1 is 1.53 bits per heavy atom. The second kappa shape index (κ2) is 4.09. The smallest absolute Gasteiger partial charge is 0.139 e. The van der Waals surface area contributed by atoms with Crippen molar-refractivity contribution < 1.29 is 5.11 Å². The van der Waals surface area contributed by atoms with Crippen molar-refractivity contribution in [3.63, 3.8) is 0 Å². The maximum Gasteiger partial charge on any atom is 0.139 e. The van der Waals surface area contributed by atoms with Crippen molar-refractivity contribution >= 4 is 11.0 Å². The van der Waals surface area contributed by atoms with E-state index in [-0.39, 0.29) is 0 Å². The number of fused-ring (bicyclic) bond motifs is 1. The minimum atomic E-state index is -0.576. The van der Waals surface area contributed by atoms with E-state index in [2.05, 4.69) is 14.5 Å². The number of pyridine rings is 1. The zero-order valence-corrected chi connectivity index (χ0v) is 9.58. The van der Waals surface area contributed by atoms with Crippen LogP contribution in [0.3, 0.4) is 0 Å². The zero-order valence-electron chi connectivity index (χ0n) is 9.58. The van der Waals surface area contributed by atoms with Crippen molar-refractivity contribution in [3.05, 3.63) is 24.3 Å². The van der Waals surface area contributed by atoms with E-state index in [4.69, 9.17) is 5.73 Å². The molecular weight excluding hydrogens is 216 g/mol. The first-order valence-electron chi connectivity index (χ1n) is 6.01. The van der Waals surface area contributed by atoms with Gasteiger partial charge >= 0.3 is 0 Å². The normalized spacial score (nSPS) is 17.5. The Morgan fingerprint density at radius 2 is 2.35 bits per heavy atom. The zero-order chi connectivity index (χ0) is 11.8. The fourth-order valence-electron chi connectivity index (χ4n) is 2.21. The lowest BCUT2D eigenvalue weighted by molar-refractivity contribution is 0.156. The Hall–Kier alpha value is -1.46. The van der Waals surface area contributed by atoms with Crippen molar-refractivity contribution in [2.45, 2.75) is 31.4 Å². The fraction of sp³-hybridized carbons (Fsp3) is 0.500. The second-order valence-electron chi connectivity index (χ2n) is 4.53. The first-order chi connectivity index (χ1) is 8.31. The number of nitrogens with zero attached hydrogens (tertiary/aromatic N) is 3. The van der Waals surface area contributed by atoms with E-state index in [1.54, 1.807) is 12.4 Å². The Bertz CT molecular complexity index is 532. The highest BCUT2D eigenvalue weighted by atomic mass is 16.3. The fourth-order valence-corrected chi connectivity index (χ4v) is 2.21. The predicted molar refractivity (Wildman–Crippen MR) is 64.4 cm³/mol. The molecule has 1 aliphatic rings. The van der Waals surface area contributed by atoms with Gasteiger partial charge in [-0.3, -0.25) is 4.98 Å². The van der Waals surface area contributed by atoms with Crippen LogP contribution in [0.1, 0.15) is 37.2 Å². The lowest BCUT2D eigenvalue weighted by Crippen LogP contribution is -2.12. The minimum absolute atomic E-state index is 0.466. The summed E-state index contributed by atoms with van der Waals surface area (Å²) in [7, 11) is 0. The number of rotatable bonds is 4. The number of aliphatic hydroxyl groups excluding tert-OH is 1. The van der Waals surface area contributed by atoms with Gasteiger partial charge in [0, 0.05) is 12.2 Å². The molecule has 1 unspecified atom stereocenters. The van der Waals surface area contributed by atoms with Gasteiger partial charge < -0.3 is 15.4 Å². The third-order valence-corrected chi connectivity index (χ3v) is 3.17. The second-order valence-corrected chi connectivity index (χ2v) is 4.53. The lowest BCUT2D eigenvalue weighted by Gasteiger charge is -2.12. The molecule has 1 fully saturated rings. The van der Waals surface area contributed by atoms with Gasteiger partial charge in [0.2, 0.25) is 0 Å². The largest absolute Gasteiger partial charge is 0.385 e. The molecule has 0 bridgehead atoms. The molecule has 17 heavy (non-hydrogen) atoms. The summed E-state index contributed by atoms with van der Waals surface area (Å²) < 4.78 is 2.15. The first-order valence-corrected chi connectivity index (χ1v) is 6.01. The summed E-state index contributed by atoms with van der Waals surface area (Å²) in [5.41, 5.74) is 7.41. The molecule has 5 nitrogen and oxygen atoms in total. The van der Waals surface area contributed by atoms with Gasteiger partial charge in [-0.15, -0.1) is 0 Å². The molecule has 0 aromatic carbocycles. The Morgan fingerprint density at radius 3 is 3.06 bits per heavy atom. The van der Waals surface area contributed by atoms with Crippen molar-refractivity contribution in [2.75, 3.05) is 6.54 Å². The van der Waals surface area contributed by atoms with Gasteiger partial charge in [0.05, 0.1) is 11.7 Å². The molecule has 1 saturated carbocycles. The van der Waals surface area contributed by atoms with E-state index in [9.17, 15) is 5.11 Å². The maximum atomic E-state index is 10.1. The topological polar surface area (TPSA) is 77.0 Å². The summed E-state index contributed by atoms with van der Waals surface area (Å²) in [5, 5.41) is 10.1. The highest BCUT2D eigenvalue weighted by Crippen LogP contribution is 2.40. The first kappa shape index (κ1) is 10.7. The highest BCUT2D eigenvalue weighted by molar-refractivity contribution is 5.75. The number of nitrogens with two attached hydrogens (primary N) is 1. The summed E-state index contributed by atoms with van der Waals surface area (Å²) in [5.74, 6) is 0.737. The van der Waals surface area contributed by atoms with Crippen LogP contribution in [-0.2, 0) is 0 Å². The number of imidazole rings is 1. The van der Waals surface area contributed by atoms with Crippen molar-refractivity contribution in [3.8, 4) is 0 Å². The molecule has 2 aromatic rings. The van der Waals surface area contributed by atoms with Gasteiger partial charge in [-0.05, 0) is 31.9 Å². The number of aliphatic hydroxyl groups is 1. The Labute approximate surface area is 99.3 Å². The number of aromatic nitrogens is 3. The van der Waals surface area contributed by atoms with E-state index in [1.165, 1.54) is 0 Å². The summed E-state index contributed by atoms with van der Waals surface area (Å²) >= 11 is 0. The number of hydrogen-bond donors (Lipinski definition) is 2. The summed E-state index contributed by atoms with van der Waals surface area (Å²) in [6.07, 6.45) is 5.80. The standard InChI is InChI=1S/C12H16N4O/c13-5-3-11(17)12-15-9-7-14-6-4-10(9)16(12)8-1-2-8/h4,6-8,11,17H,1-3,5,13H2. The average Bonchev–Trinajstić information content (AvgIpc) is 3.09. The average molecular weight is 232 g/mol. The quantitative estimate of drug-likeness (QED) is 0.829. The summed E-state index contributed by atoms with van der Waals surface area (Å²) in [4.78, 5) is 8.56. The van der Waals surface area contributed by atoms with Gasteiger partial charge in [0.1, 0.15) is 17.4 Å². The highest BCUT2D eigenvalue weighted by Gasteiger charge is 2.30. The summed E-state index contributed by atoms with van der Waals surface area (Å²) in [6, 6.07) is 2.45. The maximum absolute atomic E-state index is 10.1. The van der Waals surface area contributed by atoms with Crippen LogP contribution < -0.4 is 5.73 Å². The van der Waals surface area contributed by atoms with E-state index in [0.717, 1.165) is 29.7 Å². The molecule has 0 spiro atoms. The van der Waals surface area contributed by atoms with Crippen LogP contribution >= 0.6 is 0 Å². The van der Waals surface area contributed by atoms with Gasteiger partial charge in [-0.2, -0.15) is 0 Å². The molecule has 0 saturated heterocycles. The van der Waals surface area contributed by atoms with E-state index < -0.39 is 6.10 Å². The molecule has 90 valence electrons. The SMILES string of the molecule is NCCC(O)c1nc2cnccc2n1C1CC1. The lowest BCUT2D eigenvalue weighted by atomic mass is 10.2. The van der Waals surface area contributed by atoms with Crippen LogP contribution in [0.25, 0.3) is 11.0 Å². The molecule has 5 heteroatoms. The third-order valence-electron chi connectivity index (χ3n) is 3.17. The Balaban J connectivity index is 2.12. The van der Waals surface area contributed by atoms with Crippen LogP contribution in [0, 0.1) is 0 Å². The van der Waals surface area contributed by atoms with Gasteiger partial charge in [-0.25, -0.2) is 4.98 Å². The van der Waals surface area contributed by atoms with Gasteiger partial charge in [0.25, 0.3) is 0 Å². The molecule has 2 aromatic heterocycles. The predicted octanol–water partition coefficient (Wildman–Crippen LogP) is 1.15. The third kappa shape index (κ3) is 1.81. The van der Waals surface area contributed by atoms with Crippen LogP contribution in [0.4, 0.5) is 0 Å². The van der Waals surface area contributed by atoms with Crippen LogP contribution in [0.5, 0.6) is 0 Å². The molecule has 3 rings (SSSR count). The van der Waals surface area contributed by atoms with Crippen LogP contribution in [-0.4, -0.2) is 26.2 Å². The molecule has 1 atom stereocenters. The van der Waals surface area contributed by atoms with Crippen molar-refractivity contribution in [1.29, 1.82) is 0 Å². The molecule has 1 aliphatic carbocycles. The van der Waals surface area contributed by atoms with Gasteiger partial charge in [-0.1, -0.05) is 0 Å². The molecule has 2 heterocycles. The van der Waals surface area contributed by atoms with Gasteiger partial charge in [0.15, 0.2) is 0 Å². The molecule has 0 aliphatic heterocycles. The van der Waals surface area contributed by atoms with Crippen LogP contribution in [0.15, 0.2) is 18.5 Å². The van der Waals surface area contributed by atoms with E-state index in [0.29, 0.717) is 19.0 Å². The van der Waals surface area contributed by atoms with Crippen molar-refractivity contribution in [1.82, 2.24) is 14.5 Å². The number of hydrogen-bond acceptors (Lipinski definition) is 4. The monoisotopic (exact) mass is 232 g/mol. The van der Waals surface area contributed by atoms with Crippen molar-refractivity contribution in [2.24, 2.45) is 5.73 Å². The van der Waals surface area contributed by atoms with E-state index >= 15 is 0 Å². The molecule has 3 N–H and O–H groups in total. The minimum Gasteiger partial charge on any atom is -0.385 e.